The number of carbonyl (C=O) groups excluding carboxylic acids is 2. The molecule has 2 aromatic carbocycles. The molecule has 4 heterocycles. The Kier molecular flexibility index (Phi) is 7.43. The smallest absolute Gasteiger partial charge is 0.242 e. The molecule has 2 aliphatic heterocycles. The van der Waals surface area contributed by atoms with Crippen molar-refractivity contribution in [2.75, 3.05) is 31.1 Å². The number of aromatic nitrogens is 3. The number of carbonyl (C=O) groups is 2. The second kappa shape index (κ2) is 11.3. The van der Waals surface area contributed by atoms with Crippen LogP contribution < -0.4 is 4.90 Å². The van der Waals surface area contributed by atoms with E-state index in [4.69, 9.17) is 11.6 Å². The number of halogens is 1. The third kappa shape index (κ3) is 5.41. The van der Waals surface area contributed by atoms with Gasteiger partial charge >= 0.3 is 0 Å². The summed E-state index contributed by atoms with van der Waals surface area (Å²) in [5, 5.41) is 0.707. The average Bonchev–Trinajstić information content (AvgIpc) is 3.38. The summed E-state index contributed by atoms with van der Waals surface area (Å²) in [6, 6.07) is 18.0. The predicted octanol–water partition coefficient (Wildman–Crippen LogP) is 4.34. The molecule has 6 rings (SSSR count). The van der Waals surface area contributed by atoms with Gasteiger partial charge in [0.15, 0.2) is 5.65 Å². The number of amides is 2. The van der Waals surface area contributed by atoms with Gasteiger partial charge in [0, 0.05) is 62.1 Å². The first kappa shape index (κ1) is 26.3. The van der Waals surface area contributed by atoms with Crippen LogP contribution in [-0.2, 0) is 35.5 Å². The van der Waals surface area contributed by atoms with Crippen LogP contribution in [0.15, 0.2) is 67.1 Å². The molecule has 1 atom stereocenters. The Morgan fingerprint density at radius 2 is 1.82 bits per heavy atom. The van der Waals surface area contributed by atoms with E-state index in [2.05, 4.69) is 40.0 Å². The molecule has 1 saturated heterocycles. The molecule has 40 heavy (non-hydrogen) atoms. The van der Waals surface area contributed by atoms with Crippen LogP contribution in [0.1, 0.15) is 30.0 Å². The fourth-order valence-corrected chi connectivity index (χ4v) is 6.06. The first-order valence-electron chi connectivity index (χ1n) is 13.9. The summed E-state index contributed by atoms with van der Waals surface area (Å²) in [5.41, 5.74) is 6.36. The van der Waals surface area contributed by atoms with Crippen LogP contribution in [0.2, 0.25) is 5.02 Å². The number of hydrogen-bond donors (Lipinski definition) is 0. The Balaban J connectivity index is 1.10. The van der Waals surface area contributed by atoms with Crippen molar-refractivity contribution in [2.45, 2.75) is 45.3 Å². The van der Waals surface area contributed by atoms with Crippen LogP contribution >= 0.6 is 11.6 Å². The number of nitrogens with zero attached hydrogens (tertiary/aromatic N) is 6. The molecule has 0 saturated carbocycles. The maximum atomic E-state index is 13.3. The standard InChI is InChI=1S/C31H33ClN6O2/c1-22-18-35(16-17-38(22)30(40)20-37-21-34-27-5-3-14-33-31(27)37)28-6-2-4-24-13-15-36(19-26(24)28)29(39)12-9-23-7-10-25(32)11-8-23/h2-8,10-11,14,21-22H,9,12-13,15-20H2,1H3. The van der Waals surface area contributed by atoms with E-state index in [1.54, 1.807) is 12.5 Å². The van der Waals surface area contributed by atoms with E-state index < -0.39 is 0 Å². The number of piperazine rings is 1. The van der Waals surface area contributed by atoms with Crippen molar-refractivity contribution >= 4 is 40.3 Å². The second-order valence-electron chi connectivity index (χ2n) is 10.7. The first-order valence-corrected chi connectivity index (χ1v) is 14.3. The molecule has 0 N–H and O–H groups in total. The van der Waals surface area contributed by atoms with Gasteiger partial charge in [-0.05, 0) is 66.8 Å². The van der Waals surface area contributed by atoms with Crippen molar-refractivity contribution < 1.29 is 9.59 Å². The Hall–Kier alpha value is -3.91. The normalized spacial score (nSPS) is 17.2. The number of anilines is 1. The molecule has 206 valence electrons. The van der Waals surface area contributed by atoms with Crippen molar-refractivity contribution in [3.8, 4) is 0 Å². The Morgan fingerprint density at radius 3 is 2.65 bits per heavy atom. The van der Waals surface area contributed by atoms with Crippen molar-refractivity contribution in [2.24, 2.45) is 0 Å². The number of aryl methyl sites for hydroxylation is 1. The van der Waals surface area contributed by atoms with Gasteiger partial charge in [-0.1, -0.05) is 35.9 Å². The topological polar surface area (TPSA) is 74.6 Å². The van der Waals surface area contributed by atoms with Gasteiger partial charge in [-0.2, -0.15) is 0 Å². The highest BCUT2D eigenvalue weighted by Crippen LogP contribution is 2.31. The minimum Gasteiger partial charge on any atom is -0.367 e. The lowest BCUT2D eigenvalue weighted by Gasteiger charge is -2.42. The fraction of sp³-hybridized carbons (Fsp3) is 0.355. The van der Waals surface area contributed by atoms with Crippen LogP contribution in [-0.4, -0.2) is 68.4 Å². The number of fused-ring (bicyclic) bond motifs is 2. The number of rotatable bonds is 6. The number of pyridine rings is 1. The van der Waals surface area contributed by atoms with E-state index in [0.717, 1.165) is 42.8 Å². The van der Waals surface area contributed by atoms with E-state index in [1.807, 2.05) is 50.8 Å². The predicted molar refractivity (Wildman–Crippen MR) is 156 cm³/mol. The summed E-state index contributed by atoms with van der Waals surface area (Å²) in [6.45, 7) is 5.84. The van der Waals surface area contributed by atoms with E-state index >= 15 is 0 Å². The maximum absolute atomic E-state index is 13.3. The number of imidazole rings is 1. The summed E-state index contributed by atoms with van der Waals surface area (Å²) in [7, 11) is 0. The van der Waals surface area contributed by atoms with Gasteiger partial charge in [0.1, 0.15) is 12.1 Å². The van der Waals surface area contributed by atoms with Gasteiger partial charge in [-0.15, -0.1) is 0 Å². The van der Waals surface area contributed by atoms with E-state index in [-0.39, 0.29) is 24.4 Å². The SMILES string of the molecule is CC1CN(c2cccc3c2CN(C(=O)CCc2ccc(Cl)cc2)CC3)CCN1C(=O)Cn1cnc2cccnc21. The molecule has 2 aliphatic rings. The summed E-state index contributed by atoms with van der Waals surface area (Å²) < 4.78 is 1.82. The van der Waals surface area contributed by atoms with Crippen molar-refractivity contribution in [3.63, 3.8) is 0 Å². The lowest BCUT2D eigenvalue weighted by molar-refractivity contribution is -0.134. The summed E-state index contributed by atoms with van der Waals surface area (Å²) >= 11 is 6.00. The zero-order valence-electron chi connectivity index (χ0n) is 22.7. The number of hydrogen-bond acceptors (Lipinski definition) is 5. The minimum absolute atomic E-state index is 0.0561. The highest BCUT2D eigenvalue weighted by molar-refractivity contribution is 6.30. The fourth-order valence-electron chi connectivity index (χ4n) is 5.93. The summed E-state index contributed by atoms with van der Waals surface area (Å²) in [6.07, 6.45) is 5.46. The van der Waals surface area contributed by atoms with E-state index in [9.17, 15) is 9.59 Å². The molecule has 2 aromatic heterocycles. The van der Waals surface area contributed by atoms with Gasteiger partial charge in [-0.25, -0.2) is 9.97 Å². The molecule has 4 aromatic rings. The average molecular weight is 557 g/mol. The van der Waals surface area contributed by atoms with Crippen molar-refractivity contribution in [1.82, 2.24) is 24.3 Å². The molecule has 0 radical (unpaired) electrons. The van der Waals surface area contributed by atoms with Gasteiger partial charge in [0.05, 0.1) is 6.33 Å². The molecular formula is C31H33ClN6O2. The lowest BCUT2D eigenvalue weighted by Crippen LogP contribution is -2.55. The molecule has 1 fully saturated rings. The minimum atomic E-state index is 0.0561. The highest BCUT2D eigenvalue weighted by Gasteiger charge is 2.31. The van der Waals surface area contributed by atoms with Crippen LogP contribution in [0, 0.1) is 0 Å². The van der Waals surface area contributed by atoms with Gasteiger partial charge in [0.2, 0.25) is 11.8 Å². The van der Waals surface area contributed by atoms with Crippen LogP contribution in [0.25, 0.3) is 11.2 Å². The monoisotopic (exact) mass is 556 g/mol. The second-order valence-corrected chi connectivity index (χ2v) is 11.1. The lowest BCUT2D eigenvalue weighted by atomic mass is 9.96. The van der Waals surface area contributed by atoms with Gasteiger partial charge < -0.3 is 19.3 Å². The Labute approximate surface area is 239 Å². The largest absolute Gasteiger partial charge is 0.367 e. The molecule has 0 spiro atoms. The first-order chi connectivity index (χ1) is 19.5. The summed E-state index contributed by atoms with van der Waals surface area (Å²) in [4.78, 5) is 41.5. The molecule has 0 aliphatic carbocycles. The van der Waals surface area contributed by atoms with Crippen molar-refractivity contribution in [3.05, 3.63) is 88.8 Å². The van der Waals surface area contributed by atoms with Gasteiger partial charge in [-0.3, -0.25) is 9.59 Å². The third-order valence-electron chi connectivity index (χ3n) is 8.11. The maximum Gasteiger partial charge on any atom is 0.242 e. The third-order valence-corrected chi connectivity index (χ3v) is 8.36. The van der Waals surface area contributed by atoms with Gasteiger partial charge in [0.25, 0.3) is 0 Å². The van der Waals surface area contributed by atoms with Crippen molar-refractivity contribution in [1.29, 1.82) is 0 Å². The van der Waals surface area contributed by atoms with E-state index in [1.165, 1.54) is 16.8 Å². The highest BCUT2D eigenvalue weighted by atomic mass is 35.5. The Morgan fingerprint density at radius 1 is 0.975 bits per heavy atom. The van der Waals surface area contributed by atoms with Crippen LogP contribution in [0.3, 0.4) is 0 Å². The number of benzene rings is 2. The molecule has 2 amide bonds. The van der Waals surface area contributed by atoms with Crippen LogP contribution in [0.4, 0.5) is 5.69 Å². The zero-order chi connectivity index (χ0) is 27.6. The molecule has 9 heteroatoms. The van der Waals surface area contributed by atoms with E-state index in [0.29, 0.717) is 31.0 Å². The zero-order valence-corrected chi connectivity index (χ0v) is 23.4. The summed E-state index contributed by atoms with van der Waals surface area (Å²) in [5.74, 6) is 0.255. The molecule has 1 unspecified atom stereocenters. The van der Waals surface area contributed by atoms with Crippen LogP contribution in [0.5, 0.6) is 0 Å². The molecule has 8 nitrogen and oxygen atoms in total. The Bertz CT molecular complexity index is 1530. The molecule has 0 bridgehead atoms. The molecular weight excluding hydrogens is 524 g/mol. The quantitative estimate of drug-likeness (QED) is 0.353.